The summed E-state index contributed by atoms with van der Waals surface area (Å²) in [6.45, 7) is 0. The van der Waals surface area contributed by atoms with Gasteiger partial charge in [-0.05, 0) is 56.6 Å². The molecule has 0 aliphatic rings. The molecule has 8 rings (SSSR count). The second-order valence-corrected chi connectivity index (χ2v) is 12.3. The molecule has 8 aromatic rings. The van der Waals surface area contributed by atoms with Crippen LogP contribution in [0.25, 0.3) is 77.9 Å². The summed E-state index contributed by atoms with van der Waals surface area (Å²) in [6, 6.07) is 63.9. The fraction of sp³-hybridized carbons (Fsp3) is 0. The largest absolute Gasteiger partial charge is 0.289 e. The maximum atomic E-state index is 14.9. The van der Waals surface area contributed by atoms with Crippen LogP contribution >= 0.6 is 0 Å². The zero-order chi connectivity index (χ0) is 33.9. The topological polar surface area (TPSA) is 39.8 Å². The van der Waals surface area contributed by atoms with E-state index in [-0.39, 0.29) is 11.5 Å². The van der Waals surface area contributed by atoms with Gasteiger partial charge in [0.05, 0.1) is 0 Å². The van der Waals surface area contributed by atoms with Crippen molar-refractivity contribution in [3.8, 4) is 89.4 Å². The molecule has 0 unspecified atom stereocenters. The minimum absolute atomic E-state index is 0.0433. The zero-order valence-corrected chi connectivity index (χ0v) is 27.3. The van der Waals surface area contributed by atoms with Crippen LogP contribution in [0.15, 0.2) is 194 Å². The minimum atomic E-state index is -0.0433. The smallest absolute Gasteiger partial charge is 0.194 e. The first kappa shape index (κ1) is 30.7. The van der Waals surface area contributed by atoms with Crippen LogP contribution in [-0.4, -0.2) is 0 Å². The molecule has 2 heteroatoms. The van der Waals surface area contributed by atoms with E-state index in [0.29, 0.717) is 22.3 Å². The Kier molecular flexibility index (Phi) is 8.26. The summed E-state index contributed by atoms with van der Waals surface area (Å²) in [5.41, 5.74) is 11.1. The van der Waals surface area contributed by atoms with Gasteiger partial charge in [-0.15, -0.1) is 0 Å². The van der Waals surface area contributed by atoms with Crippen molar-refractivity contribution in [1.82, 2.24) is 0 Å². The number of hydrogen-bond acceptors (Lipinski definition) is 0. The highest BCUT2D eigenvalue weighted by Gasteiger charge is 2.29. The lowest BCUT2D eigenvalue weighted by Gasteiger charge is -2.24. The molecule has 0 N–H and O–H groups in total. The van der Waals surface area contributed by atoms with Crippen molar-refractivity contribution in [2.75, 3.05) is 0 Å². The predicted octanol–water partition coefficient (Wildman–Crippen LogP) is 13.6. The van der Waals surface area contributed by atoms with Gasteiger partial charge in [-0.2, -0.15) is 0 Å². The minimum Gasteiger partial charge on any atom is -0.289 e. The molecule has 0 aliphatic heterocycles. The average molecular weight is 641 g/mol. The van der Waals surface area contributed by atoms with Crippen LogP contribution in [0, 0.1) is 0 Å². The summed E-state index contributed by atoms with van der Waals surface area (Å²) in [5, 5.41) is 29.8. The van der Waals surface area contributed by atoms with Crippen LogP contribution in [0.5, 0.6) is 11.5 Å². The summed E-state index contributed by atoms with van der Waals surface area (Å²) in [5.74, 6) is -0.0865. The van der Waals surface area contributed by atoms with E-state index < -0.39 is 0 Å². The number of hydrogen-bond donors (Lipinski definition) is 0. The molecule has 236 valence electrons. The highest BCUT2D eigenvalue weighted by atomic mass is 16.3. The molecule has 0 aliphatic carbocycles. The second-order valence-electron chi connectivity index (χ2n) is 12.3. The molecule has 0 bridgehead atoms. The van der Waals surface area contributed by atoms with E-state index in [1.807, 2.05) is 170 Å². The Morgan fingerprint density at radius 3 is 0.700 bits per heavy atom. The summed E-state index contributed by atoms with van der Waals surface area (Å²) in [4.78, 5) is 0. The Morgan fingerprint density at radius 1 is 0.220 bits per heavy atom. The van der Waals surface area contributed by atoms with Crippen LogP contribution in [0.4, 0.5) is 0 Å². The van der Waals surface area contributed by atoms with E-state index in [2.05, 4.69) is 24.3 Å². The molecule has 8 aromatic carbocycles. The Morgan fingerprint density at radius 2 is 0.440 bits per heavy atom. The highest BCUT2D eigenvalue weighted by Crippen LogP contribution is 2.55. The quantitative estimate of drug-likeness (QED) is 0.166. The summed E-state index contributed by atoms with van der Waals surface area (Å²) in [7, 11) is 0. The van der Waals surface area contributed by atoms with Gasteiger partial charge in [-0.25, -0.2) is 0 Å². The summed E-state index contributed by atoms with van der Waals surface area (Å²) >= 11 is 0. The van der Waals surface area contributed by atoms with Gasteiger partial charge in [0.2, 0.25) is 0 Å². The van der Waals surface area contributed by atoms with Gasteiger partial charge in [0.15, 0.2) is 11.5 Å². The molecular formula is C48H32O2. The summed E-state index contributed by atoms with van der Waals surface area (Å²) in [6.07, 6.45) is 0. The average Bonchev–Trinajstić information content (AvgIpc) is 3.19. The Hall–Kier alpha value is -6.64. The molecule has 0 fully saturated rings. The molecule has 0 atom stereocenters. The monoisotopic (exact) mass is 640 g/mol. The van der Waals surface area contributed by atoms with Gasteiger partial charge in [0.1, 0.15) is 0 Å². The van der Waals surface area contributed by atoms with E-state index in [0.717, 1.165) is 55.6 Å². The van der Waals surface area contributed by atoms with Crippen LogP contribution in [0.3, 0.4) is 0 Å². The van der Waals surface area contributed by atoms with Crippen molar-refractivity contribution in [2.24, 2.45) is 0 Å². The van der Waals surface area contributed by atoms with Crippen LogP contribution in [0.1, 0.15) is 0 Å². The fourth-order valence-corrected chi connectivity index (χ4v) is 6.99. The number of benzene rings is 8. The third-order valence-corrected chi connectivity index (χ3v) is 9.27. The molecule has 2 nitrogen and oxygen atoms in total. The van der Waals surface area contributed by atoms with Gasteiger partial charge >= 0.3 is 0 Å². The van der Waals surface area contributed by atoms with E-state index in [1.54, 1.807) is 0 Å². The SMILES string of the molecule is [O]c1c(-c2ccccc2)cc(-c2cc(-c3ccccc3)c([O])c(-c3ccccc3)c2-c2ccccc2)c(-c2ccccc2)c1-c1ccccc1. The first-order chi connectivity index (χ1) is 24.7. The van der Waals surface area contributed by atoms with E-state index in [9.17, 15) is 10.2 Å². The van der Waals surface area contributed by atoms with Crippen molar-refractivity contribution in [3.05, 3.63) is 194 Å². The van der Waals surface area contributed by atoms with E-state index in [4.69, 9.17) is 0 Å². The lowest BCUT2D eigenvalue weighted by atomic mass is 9.79. The molecule has 0 aromatic heterocycles. The van der Waals surface area contributed by atoms with Crippen molar-refractivity contribution < 1.29 is 10.2 Å². The molecule has 0 amide bonds. The van der Waals surface area contributed by atoms with Crippen molar-refractivity contribution in [2.45, 2.75) is 0 Å². The predicted molar refractivity (Wildman–Crippen MR) is 205 cm³/mol. The molecule has 0 heterocycles. The number of rotatable bonds is 7. The van der Waals surface area contributed by atoms with Gasteiger partial charge < -0.3 is 0 Å². The molecule has 50 heavy (non-hydrogen) atoms. The third-order valence-electron chi connectivity index (χ3n) is 9.27. The van der Waals surface area contributed by atoms with Gasteiger partial charge in [-0.1, -0.05) is 182 Å². The Bertz CT molecular complexity index is 2210. The molecule has 0 saturated heterocycles. The van der Waals surface area contributed by atoms with Crippen LogP contribution < -0.4 is 0 Å². The van der Waals surface area contributed by atoms with Crippen molar-refractivity contribution in [3.63, 3.8) is 0 Å². The van der Waals surface area contributed by atoms with Crippen molar-refractivity contribution >= 4 is 0 Å². The lowest BCUT2D eigenvalue weighted by molar-refractivity contribution is 0.358. The summed E-state index contributed by atoms with van der Waals surface area (Å²) < 4.78 is 0. The zero-order valence-electron chi connectivity index (χ0n) is 27.3. The first-order valence-electron chi connectivity index (χ1n) is 16.8. The second kappa shape index (κ2) is 13.5. The van der Waals surface area contributed by atoms with E-state index >= 15 is 0 Å². The fourth-order valence-electron chi connectivity index (χ4n) is 6.99. The van der Waals surface area contributed by atoms with Crippen LogP contribution in [-0.2, 0) is 10.2 Å². The molecule has 2 radical (unpaired) electrons. The maximum absolute atomic E-state index is 14.9. The maximum Gasteiger partial charge on any atom is 0.194 e. The molecule has 0 spiro atoms. The Balaban J connectivity index is 1.61. The molecule has 0 saturated carbocycles. The van der Waals surface area contributed by atoms with Gasteiger partial charge in [0.25, 0.3) is 0 Å². The van der Waals surface area contributed by atoms with Crippen LogP contribution in [0.2, 0.25) is 0 Å². The Labute approximate surface area is 292 Å². The standard InChI is InChI=1S/C48H32O2/c49-47-39(33-19-7-1-8-20-33)31-41(43(35-23-11-3-12-24-35)45(47)37-27-15-5-16-28-37)42-32-40(34-21-9-2-10-22-34)48(50)46(38-29-17-6-18-30-38)44(42)36-25-13-4-14-26-36/h1-32H. The van der Waals surface area contributed by atoms with E-state index in [1.165, 1.54) is 0 Å². The molecular weight excluding hydrogens is 609 g/mol. The van der Waals surface area contributed by atoms with Gasteiger partial charge in [-0.3, -0.25) is 10.2 Å². The lowest BCUT2D eigenvalue weighted by Crippen LogP contribution is -1.98. The normalized spacial score (nSPS) is 11.0. The third kappa shape index (κ3) is 5.63. The first-order valence-corrected chi connectivity index (χ1v) is 16.8. The van der Waals surface area contributed by atoms with Crippen molar-refractivity contribution in [1.29, 1.82) is 0 Å². The van der Waals surface area contributed by atoms with Gasteiger partial charge in [0, 0.05) is 33.4 Å². The highest BCUT2D eigenvalue weighted by molar-refractivity contribution is 6.08.